The van der Waals surface area contributed by atoms with Crippen molar-refractivity contribution in [3.63, 3.8) is 0 Å². The number of benzene rings is 1. The maximum Gasteiger partial charge on any atom is 0.131 e. The zero-order chi connectivity index (χ0) is 10.8. The van der Waals surface area contributed by atoms with Crippen molar-refractivity contribution in [3.05, 3.63) is 46.8 Å². The topological polar surface area (TPSA) is 38.9 Å². The van der Waals surface area contributed by atoms with Crippen LogP contribution >= 0.6 is 15.9 Å². The Hall–Kier alpha value is -1.42. The molecule has 0 saturated heterocycles. The molecule has 0 atom stereocenters. The molecule has 15 heavy (non-hydrogen) atoms. The number of pyridine rings is 1. The zero-order valence-corrected chi connectivity index (χ0v) is 9.33. The Balaban J connectivity index is 2.64. The Kier molecular flexibility index (Phi) is 2.68. The molecule has 4 heteroatoms. The van der Waals surface area contributed by atoms with E-state index in [1.165, 1.54) is 6.07 Å². The maximum absolute atomic E-state index is 13.5. The van der Waals surface area contributed by atoms with Crippen molar-refractivity contribution in [2.45, 2.75) is 0 Å². The van der Waals surface area contributed by atoms with Gasteiger partial charge in [-0.3, -0.25) is 0 Å². The van der Waals surface area contributed by atoms with E-state index in [1.807, 2.05) is 0 Å². The Morgan fingerprint density at radius 3 is 2.67 bits per heavy atom. The average molecular weight is 267 g/mol. The largest absolute Gasteiger partial charge is 0.383 e. The smallest absolute Gasteiger partial charge is 0.131 e. The number of hydrogen-bond donors (Lipinski definition) is 1. The van der Waals surface area contributed by atoms with Crippen LogP contribution in [0.25, 0.3) is 11.1 Å². The van der Waals surface area contributed by atoms with Gasteiger partial charge in [-0.15, -0.1) is 0 Å². The fraction of sp³-hybridized carbons (Fsp3) is 0. The molecule has 0 fully saturated rings. The summed E-state index contributed by atoms with van der Waals surface area (Å²) in [5.41, 5.74) is 6.75. The van der Waals surface area contributed by atoms with Gasteiger partial charge in [-0.1, -0.05) is 18.2 Å². The molecule has 0 radical (unpaired) electrons. The summed E-state index contributed by atoms with van der Waals surface area (Å²) in [7, 11) is 0. The Morgan fingerprint density at radius 1 is 1.20 bits per heavy atom. The van der Waals surface area contributed by atoms with Crippen LogP contribution in [0.2, 0.25) is 0 Å². The monoisotopic (exact) mass is 266 g/mol. The van der Waals surface area contributed by atoms with E-state index in [4.69, 9.17) is 5.73 Å². The van der Waals surface area contributed by atoms with Gasteiger partial charge in [-0.05, 0) is 28.1 Å². The first-order chi connectivity index (χ1) is 7.18. The van der Waals surface area contributed by atoms with Gasteiger partial charge in [0.2, 0.25) is 0 Å². The van der Waals surface area contributed by atoms with Crippen molar-refractivity contribution >= 4 is 21.7 Å². The Labute approximate surface area is 95.1 Å². The quantitative estimate of drug-likeness (QED) is 0.861. The number of rotatable bonds is 1. The standard InChI is InChI=1S/C11H8BrFN2/c12-7-5-9(11(14)15-6-7)8-3-1-2-4-10(8)13/h1-6H,(H2,14,15). The number of anilines is 1. The van der Waals surface area contributed by atoms with Gasteiger partial charge in [0.05, 0.1) is 0 Å². The minimum atomic E-state index is -0.302. The van der Waals surface area contributed by atoms with Crippen LogP contribution in [0.3, 0.4) is 0 Å². The summed E-state index contributed by atoms with van der Waals surface area (Å²) in [6.07, 6.45) is 1.58. The highest BCUT2D eigenvalue weighted by Gasteiger charge is 2.08. The van der Waals surface area contributed by atoms with Crippen molar-refractivity contribution in [2.75, 3.05) is 5.73 Å². The molecule has 1 aromatic carbocycles. The molecule has 1 heterocycles. The van der Waals surface area contributed by atoms with Crippen molar-refractivity contribution in [1.82, 2.24) is 4.98 Å². The van der Waals surface area contributed by atoms with E-state index >= 15 is 0 Å². The van der Waals surface area contributed by atoms with E-state index in [0.29, 0.717) is 16.9 Å². The lowest BCUT2D eigenvalue weighted by atomic mass is 10.1. The van der Waals surface area contributed by atoms with E-state index in [-0.39, 0.29) is 5.82 Å². The highest BCUT2D eigenvalue weighted by molar-refractivity contribution is 9.10. The van der Waals surface area contributed by atoms with Crippen LogP contribution in [0.1, 0.15) is 0 Å². The predicted molar refractivity (Wildman–Crippen MR) is 61.7 cm³/mol. The van der Waals surface area contributed by atoms with Gasteiger partial charge in [0.15, 0.2) is 0 Å². The Morgan fingerprint density at radius 2 is 1.93 bits per heavy atom. The molecule has 0 saturated carbocycles. The first-order valence-corrected chi connectivity index (χ1v) is 5.13. The second-order valence-electron chi connectivity index (χ2n) is 3.07. The maximum atomic E-state index is 13.5. The second-order valence-corrected chi connectivity index (χ2v) is 3.98. The third-order valence-electron chi connectivity index (χ3n) is 2.05. The SMILES string of the molecule is Nc1ncc(Br)cc1-c1ccccc1F. The highest BCUT2D eigenvalue weighted by atomic mass is 79.9. The van der Waals surface area contributed by atoms with Gasteiger partial charge in [0.1, 0.15) is 11.6 Å². The summed E-state index contributed by atoms with van der Waals surface area (Å²) in [6.45, 7) is 0. The van der Waals surface area contributed by atoms with Crippen LogP contribution in [0.15, 0.2) is 41.0 Å². The molecule has 76 valence electrons. The number of nitrogens with zero attached hydrogens (tertiary/aromatic N) is 1. The molecule has 0 aliphatic rings. The summed E-state index contributed by atoms with van der Waals surface area (Å²) in [5.74, 6) is 0.0207. The van der Waals surface area contributed by atoms with Crippen molar-refractivity contribution < 1.29 is 4.39 Å². The summed E-state index contributed by atoms with van der Waals surface area (Å²) in [4.78, 5) is 3.96. The molecule has 0 amide bonds. The summed E-state index contributed by atoms with van der Waals surface area (Å²) in [5, 5.41) is 0. The van der Waals surface area contributed by atoms with Crippen LogP contribution in [-0.4, -0.2) is 4.98 Å². The minimum absolute atomic E-state index is 0.302. The molecule has 0 aliphatic carbocycles. The van der Waals surface area contributed by atoms with Crippen LogP contribution in [0.4, 0.5) is 10.2 Å². The van der Waals surface area contributed by atoms with Gasteiger partial charge in [-0.2, -0.15) is 0 Å². The average Bonchev–Trinajstić information content (AvgIpc) is 2.23. The van der Waals surface area contributed by atoms with Crippen molar-refractivity contribution in [1.29, 1.82) is 0 Å². The lowest BCUT2D eigenvalue weighted by Crippen LogP contribution is -1.95. The number of aromatic nitrogens is 1. The summed E-state index contributed by atoms with van der Waals surface area (Å²) >= 11 is 3.28. The van der Waals surface area contributed by atoms with Gasteiger partial charge in [0.25, 0.3) is 0 Å². The molecule has 2 aromatic rings. The molecular formula is C11H8BrFN2. The molecule has 1 aromatic heterocycles. The van der Waals surface area contributed by atoms with Gasteiger partial charge < -0.3 is 5.73 Å². The second kappa shape index (κ2) is 3.98. The van der Waals surface area contributed by atoms with E-state index in [1.54, 1.807) is 30.5 Å². The lowest BCUT2D eigenvalue weighted by molar-refractivity contribution is 0.631. The third-order valence-corrected chi connectivity index (χ3v) is 2.48. The van der Waals surface area contributed by atoms with Crippen LogP contribution in [-0.2, 0) is 0 Å². The van der Waals surface area contributed by atoms with E-state index in [2.05, 4.69) is 20.9 Å². The first-order valence-electron chi connectivity index (χ1n) is 4.34. The summed E-state index contributed by atoms with van der Waals surface area (Å²) < 4.78 is 14.3. The van der Waals surface area contributed by atoms with E-state index in [9.17, 15) is 4.39 Å². The molecule has 0 aliphatic heterocycles. The third kappa shape index (κ3) is 1.99. The molecule has 2 N–H and O–H groups in total. The molecular weight excluding hydrogens is 259 g/mol. The normalized spacial score (nSPS) is 10.3. The van der Waals surface area contributed by atoms with Crippen molar-refractivity contribution in [3.8, 4) is 11.1 Å². The lowest BCUT2D eigenvalue weighted by Gasteiger charge is -2.06. The Bertz CT molecular complexity index is 500. The van der Waals surface area contributed by atoms with Crippen LogP contribution in [0.5, 0.6) is 0 Å². The van der Waals surface area contributed by atoms with Crippen LogP contribution < -0.4 is 5.73 Å². The van der Waals surface area contributed by atoms with Gasteiger partial charge in [0, 0.05) is 21.8 Å². The number of nitrogens with two attached hydrogens (primary N) is 1. The van der Waals surface area contributed by atoms with E-state index in [0.717, 1.165) is 4.47 Å². The molecule has 2 rings (SSSR count). The van der Waals surface area contributed by atoms with Crippen LogP contribution in [0, 0.1) is 5.82 Å². The van der Waals surface area contributed by atoms with Gasteiger partial charge in [-0.25, -0.2) is 9.37 Å². The molecule has 0 bridgehead atoms. The molecule has 2 nitrogen and oxygen atoms in total. The summed E-state index contributed by atoms with van der Waals surface area (Å²) in [6, 6.07) is 8.23. The van der Waals surface area contributed by atoms with Crippen molar-refractivity contribution in [2.24, 2.45) is 0 Å². The minimum Gasteiger partial charge on any atom is -0.383 e. The molecule has 0 unspecified atom stereocenters. The fourth-order valence-corrected chi connectivity index (χ4v) is 1.68. The zero-order valence-electron chi connectivity index (χ0n) is 7.74. The number of hydrogen-bond acceptors (Lipinski definition) is 2. The van der Waals surface area contributed by atoms with E-state index < -0.39 is 0 Å². The predicted octanol–water partition coefficient (Wildman–Crippen LogP) is 3.23. The van der Waals surface area contributed by atoms with Gasteiger partial charge >= 0.3 is 0 Å². The fourth-order valence-electron chi connectivity index (χ4n) is 1.35. The molecule has 0 spiro atoms. The number of halogens is 2. The first kappa shape index (κ1) is 10.1. The number of nitrogen functional groups attached to an aromatic ring is 1. The highest BCUT2D eigenvalue weighted by Crippen LogP contribution is 2.28.